The van der Waals surface area contributed by atoms with E-state index in [0.717, 1.165) is 51.4 Å². The molecular formula is C54H105Na3O15S4. The number of rotatable bonds is 49. The zero-order valence-corrected chi connectivity index (χ0v) is 58.5. The molecule has 0 N–H and O–H groups in total. The average Bonchev–Trinajstić information content (AvgIpc) is 3.33. The van der Waals surface area contributed by atoms with Crippen molar-refractivity contribution in [2.45, 2.75) is 289 Å². The molecule has 15 nitrogen and oxygen atoms in total. The summed E-state index contributed by atoms with van der Waals surface area (Å²) >= 11 is 0. The number of benzene rings is 1. The van der Waals surface area contributed by atoms with E-state index in [0.29, 0.717) is 19.3 Å². The van der Waals surface area contributed by atoms with Crippen LogP contribution in [0.3, 0.4) is 0 Å². The predicted octanol–water partition coefficient (Wildman–Crippen LogP) is 6.48. The Hall–Kier alpha value is 1.74. The Bertz CT molecular complexity index is 1600. The molecule has 1 aromatic carbocycles. The van der Waals surface area contributed by atoms with Crippen molar-refractivity contribution >= 4 is 41.3 Å². The van der Waals surface area contributed by atoms with E-state index in [2.05, 4.69) is 40.2 Å². The number of hydrogen-bond acceptors (Lipinski definition) is 15. The van der Waals surface area contributed by atoms with Crippen LogP contribution < -0.4 is 88.7 Å². The fraction of sp³-hybridized carbons (Fsp3) is 0.889. The first kappa shape index (κ1) is 89.0. The maximum Gasteiger partial charge on any atom is 1.00 e. The normalized spacial score (nSPS) is 11.4. The van der Waals surface area contributed by atoms with Gasteiger partial charge in [-0.15, -0.1) is 0 Å². The Balaban J connectivity index is -0.000000214. The molecule has 0 bridgehead atoms. The molecule has 22 heteroatoms. The average molecular weight is 1190 g/mol. The minimum atomic E-state index is -4.48. The molecule has 0 spiro atoms. The molecule has 76 heavy (non-hydrogen) atoms. The van der Waals surface area contributed by atoms with E-state index in [1.807, 2.05) is 0 Å². The van der Waals surface area contributed by atoms with E-state index < -0.39 is 41.3 Å². The second kappa shape index (κ2) is 65.9. The summed E-state index contributed by atoms with van der Waals surface area (Å²) in [6, 6.07) is 8.33. The summed E-state index contributed by atoms with van der Waals surface area (Å²) in [5, 5.41) is 0. The summed E-state index contributed by atoms with van der Waals surface area (Å²) < 4.78 is 132. The first-order valence-corrected chi connectivity index (χ1v) is 34.0. The zero-order valence-electron chi connectivity index (χ0n) is 49.3. The predicted molar refractivity (Wildman–Crippen MR) is 294 cm³/mol. The van der Waals surface area contributed by atoms with Crippen LogP contribution in [-0.4, -0.2) is 73.8 Å². The standard InChI is InChI=1S/C18H30O3S.3C12H26O4S.3Na/c1-2-3-4-5-6-7-8-9-10-14-17-21-22(19,20)18-15-12-11-13-16-18;3*1-2-3-4-5-6-7-8-9-10-11-12-16-17(13,14)15;;;/h11-13,15-16H,2-10,14,17H2,1H3;3*2-12H2,1H3,(H,13,14,15);;;/q;;;;3*+1/p-3. The number of unbranched alkanes of at least 4 members (excludes halogenated alkanes) is 36. The van der Waals surface area contributed by atoms with Gasteiger partial charge in [-0.05, 0) is 37.8 Å². The topological polar surface area (TPSA) is 243 Å². The fourth-order valence-electron chi connectivity index (χ4n) is 7.66. The number of hydrogen-bond donors (Lipinski definition) is 0. The maximum atomic E-state index is 11.9. The smallest absolute Gasteiger partial charge is 0.726 e. The van der Waals surface area contributed by atoms with Crippen molar-refractivity contribution in [1.82, 2.24) is 0 Å². The molecule has 0 aliphatic rings. The fourth-order valence-corrected chi connectivity index (χ4v) is 9.59. The molecule has 1 aromatic rings. The summed E-state index contributed by atoms with van der Waals surface area (Å²) in [4.78, 5) is 0.238. The van der Waals surface area contributed by atoms with Gasteiger partial charge in [0, 0.05) is 0 Å². The van der Waals surface area contributed by atoms with Crippen LogP contribution in [0.25, 0.3) is 0 Å². The molecule has 0 saturated heterocycles. The Morgan fingerprint density at radius 2 is 0.447 bits per heavy atom. The van der Waals surface area contributed by atoms with Gasteiger partial charge in [-0.2, -0.15) is 8.42 Å². The summed E-state index contributed by atoms with van der Waals surface area (Å²) in [6.45, 7) is 9.25. The van der Waals surface area contributed by atoms with Gasteiger partial charge in [0.25, 0.3) is 10.1 Å². The molecule has 0 saturated carbocycles. The van der Waals surface area contributed by atoms with E-state index in [4.69, 9.17) is 4.18 Å². The monoisotopic (exact) mass is 1190 g/mol. The van der Waals surface area contributed by atoms with E-state index in [1.54, 1.807) is 30.3 Å². The molecule has 0 fully saturated rings. The van der Waals surface area contributed by atoms with Gasteiger partial charge in [-0.1, -0.05) is 277 Å². The van der Waals surface area contributed by atoms with Crippen LogP contribution in [0.5, 0.6) is 0 Å². The maximum absolute atomic E-state index is 11.9. The Morgan fingerprint density at radius 1 is 0.276 bits per heavy atom. The van der Waals surface area contributed by atoms with Gasteiger partial charge in [-0.25, -0.2) is 25.3 Å². The SMILES string of the molecule is CCCCCCCCCCCCOS(=O)(=O)[O-].CCCCCCCCCCCCOS(=O)(=O)[O-].CCCCCCCCCCCCOS(=O)(=O)[O-].CCCCCCCCCCCCOS(=O)(=O)c1ccccc1.[Na+].[Na+].[Na+]. The van der Waals surface area contributed by atoms with Gasteiger partial charge in [-0.3, -0.25) is 16.7 Å². The third kappa shape index (κ3) is 82.2. The van der Waals surface area contributed by atoms with Gasteiger partial charge in [0.2, 0.25) is 31.2 Å². The van der Waals surface area contributed by atoms with Crippen molar-refractivity contribution < 1.29 is 153 Å². The molecule has 0 aliphatic heterocycles. The molecule has 0 aliphatic carbocycles. The molecule has 438 valence electrons. The van der Waals surface area contributed by atoms with Crippen LogP contribution in [0.4, 0.5) is 0 Å². The van der Waals surface area contributed by atoms with Gasteiger partial charge in [0.1, 0.15) is 0 Å². The van der Waals surface area contributed by atoms with Crippen LogP contribution in [0.1, 0.15) is 285 Å². The molecule has 0 radical (unpaired) electrons. The first-order chi connectivity index (χ1) is 34.8. The van der Waals surface area contributed by atoms with E-state index >= 15 is 0 Å². The zero-order chi connectivity index (χ0) is 55.1. The third-order valence-corrected chi connectivity index (χ3v) is 14.6. The molecule has 1 rings (SSSR count). The molecule has 0 heterocycles. The van der Waals surface area contributed by atoms with Gasteiger partial charge in [0.15, 0.2) is 0 Å². The van der Waals surface area contributed by atoms with Crippen LogP contribution in [0.2, 0.25) is 0 Å². The van der Waals surface area contributed by atoms with Crippen molar-refractivity contribution in [2.24, 2.45) is 0 Å². The first-order valence-electron chi connectivity index (χ1n) is 28.6. The van der Waals surface area contributed by atoms with Crippen LogP contribution in [0.15, 0.2) is 35.2 Å². The van der Waals surface area contributed by atoms with Gasteiger partial charge >= 0.3 is 88.7 Å². The minimum Gasteiger partial charge on any atom is -0.726 e. The largest absolute Gasteiger partial charge is 1.00 e. The van der Waals surface area contributed by atoms with Gasteiger partial charge in [0.05, 0.1) is 31.3 Å². The van der Waals surface area contributed by atoms with Crippen molar-refractivity contribution in [1.29, 1.82) is 0 Å². The van der Waals surface area contributed by atoms with Crippen molar-refractivity contribution in [3.63, 3.8) is 0 Å². The van der Waals surface area contributed by atoms with E-state index in [9.17, 15) is 47.3 Å². The Kier molecular flexibility index (Phi) is 77.1. The van der Waals surface area contributed by atoms with Crippen molar-refractivity contribution in [2.75, 3.05) is 26.4 Å². The molecule has 0 aromatic heterocycles. The van der Waals surface area contributed by atoms with Crippen molar-refractivity contribution in [3.8, 4) is 0 Å². The summed E-state index contributed by atoms with van der Waals surface area (Å²) in [7, 11) is -17.0. The third-order valence-electron chi connectivity index (χ3n) is 11.9. The molecular weight excluding hydrogens is 1090 g/mol. The Morgan fingerprint density at radius 3 is 0.632 bits per heavy atom. The quantitative estimate of drug-likeness (QED) is 0.0223. The summed E-state index contributed by atoms with van der Waals surface area (Å²) in [5.74, 6) is 0. The van der Waals surface area contributed by atoms with Gasteiger partial charge < -0.3 is 13.7 Å². The summed E-state index contributed by atoms with van der Waals surface area (Å²) in [6.07, 6.45) is 47.4. The Labute approximate surface area is 534 Å². The molecule has 0 unspecified atom stereocenters. The van der Waals surface area contributed by atoms with E-state index in [1.165, 1.54) is 186 Å². The molecule has 0 atom stereocenters. The second-order valence-electron chi connectivity index (χ2n) is 19.0. The van der Waals surface area contributed by atoms with Crippen molar-refractivity contribution in [3.05, 3.63) is 30.3 Å². The van der Waals surface area contributed by atoms with Crippen LogP contribution >= 0.6 is 0 Å². The molecule has 0 amide bonds. The van der Waals surface area contributed by atoms with Crippen LogP contribution in [0, 0.1) is 0 Å². The van der Waals surface area contributed by atoms with Crippen LogP contribution in [-0.2, 0) is 58.0 Å². The second-order valence-corrected chi connectivity index (χ2v) is 23.8. The van der Waals surface area contributed by atoms with E-state index in [-0.39, 0.29) is 120 Å². The summed E-state index contributed by atoms with van der Waals surface area (Å²) in [5.41, 5.74) is 0. The minimum absolute atomic E-state index is 0.